The van der Waals surface area contributed by atoms with E-state index < -0.39 is 0 Å². The zero-order valence-corrected chi connectivity index (χ0v) is 10.6. The van der Waals surface area contributed by atoms with Crippen molar-refractivity contribution < 1.29 is 9.53 Å². The van der Waals surface area contributed by atoms with Gasteiger partial charge in [-0.05, 0) is 25.5 Å². The summed E-state index contributed by atoms with van der Waals surface area (Å²) in [7, 11) is 0. The molecule has 0 aromatic rings. The van der Waals surface area contributed by atoms with Gasteiger partial charge in [0.05, 0.1) is 5.25 Å². The lowest BCUT2D eigenvalue weighted by Gasteiger charge is -2.32. The van der Waals surface area contributed by atoms with Gasteiger partial charge < -0.3 is 9.64 Å². The normalized spacial score (nSPS) is 34.9. The Hall–Kier alpha value is -0.220. The molecule has 3 atom stereocenters. The summed E-state index contributed by atoms with van der Waals surface area (Å²) in [6, 6.07) is 0.253. The van der Waals surface area contributed by atoms with Gasteiger partial charge in [-0.1, -0.05) is 13.8 Å². The van der Waals surface area contributed by atoms with Crippen LogP contribution in [0.2, 0.25) is 0 Å². The Labute approximate surface area is 95.5 Å². The molecule has 2 rings (SSSR count). The lowest BCUT2D eigenvalue weighted by molar-refractivity contribution is -0.135. The van der Waals surface area contributed by atoms with Crippen LogP contribution in [0, 0.1) is 0 Å². The second kappa shape index (κ2) is 3.98. The molecule has 2 aliphatic heterocycles. The van der Waals surface area contributed by atoms with Crippen LogP contribution in [0.5, 0.6) is 0 Å². The van der Waals surface area contributed by atoms with Gasteiger partial charge in [0.25, 0.3) is 0 Å². The first-order chi connectivity index (χ1) is 7.00. The molecule has 3 nitrogen and oxygen atoms in total. The van der Waals surface area contributed by atoms with E-state index in [4.69, 9.17) is 4.74 Å². The minimum atomic E-state index is 0.0847. The predicted molar refractivity (Wildman–Crippen MR) is 61.8 cm³/mol. The molecule has 2 fully saturated rings. The maximum absolute atomic E-state index is 12.2. The van der Waals surface area contributed by atoms with Crippen molar-refractivity contribution in [3.05, 3.63) is 0 Å². The molecule has 3 unspecified atom stereocenters. The number of epoxide rings is 1. The van der Waals surface area contributed by atoms with Gasteiger partial charge in [0.15, 0.2) is 6.23 Å². The van der Waals surface area contributed by atoms with Gasteiger partial charge in [-0.15, -0.1) is 11.8 Å². The van der Waals surface area contributed by atoms with Crippen LogP contribution in [0.1, 0.15) is 34.1 Å². The van der Waals surface area contributed by atoms with Gasteiger partial charge in [0.2, 0.25) is 5.91 Å². The summed E-state index contributed by atoms with van der Waals surface area (Å²) < 4.78 is 5.53. The highest BCUT2D eigenvalue weighted by Gasteiger charge is 2.54. The Morgan fingerprint density at radius 3 is 2.60 bits per heavy atom. The number of carbonyl (C=O) groups is 1. The number of likely N-dealkylation sites (tertiary alicyclic amines) is 1. The number of thioether (sulfide) groups is 1. The van der Waals surface area contributed by atoms with Crippen molar-refractivity contribution in [2.45, 2.75) is 63.0 Å². The monoisotopic (exact) mass is 229 g/mol. The molecule has 0 N–H and O–H groups in total. The van der Waals surface area contributed by atoms with Crippen molar-refractivity contribution in [1.82, 2.24) is 4.90 Å². The summed E-state index contributed by atoms with van der Waals surface area (Å²) in [6.45, 7) is 8.38. The van der Waals surface area contributed by atoms with E-state index in [9.17, 15) is 4.79 Å². The van der Waals surface area contributed by atoms with Crippen LogP contribution in [0.15, 0.2) is 0 Å². The third kappa shape index (κ3) is 2.16. The Balaban J connectivity index is 2.05. The lowest BCUT2D eigenvalue weighted by Crippen LogP contribution is -2.49. The highest BCUT2D eigenvalue weighted by molar-refractivity contribution is 8.01. The second-order valence-corrected chi connectivity index (χ2v) is 6.60. The zero-order valence-electron chi connectivity index (χ0n) is 9.77. The number of rotatable bonds is 3. The van der Waals surface area contributed by atoms with Crippen molar-refractivity contribution in [1.29, 1.82) is 0 Å². The number of nitrogens with zero attached hydrogens (tertiary/aromatic N) is 1. The number of fused-ring (bicyclic) bond motifs is 1. The number of hydrogen-bond donors (Lipinski definition) is 0. The summed E-state index contributed by atoms with van der Waals surface area (Å²) in [5, 5.41) is 0.611. The van der Waals surface area contributed by atoms with Crippen LogP contribution >= 0.6 is 11.8 Å². The molecule has 0 spiro atoms. The summed E-state index contributed by atoms with van der Waals surface area (Å²) >= 11 is 1.76. The van der Waals surface area contributed by atoms with E-state index in [2.05, 4.69) is 27.7 Å². The van der Waals surface area contributed by atoms with E-state index in [1.54, 1.807) is 11.8 Å². The van der Waals surface area contributed by atoms with Crippen molar-refractivity contribution >= 4 is 17.7 Å². The average molecular weight is 229 g/mol. The third-order valence-corrected chi connectivity index (χ3v) is 4.07. The smallest absolute Gasteiger partial charge is 0.238 e. The van der Waals surface area contributed by atoms with Crippen molar-refractivity contribution in [2.24, 2.45) is 0 Å². The minimum absolute atomic E-state index is 0.0847. The molecule has 0 bridgehead atoms. The Bertz CT molecular complexity index is 265. The SMILES string of the molecule is CC(C)SC1CC2OC2N(C(C)C)C1=O. The van der Waals surface area contributed by atoms with Gasteiger partial charge in [-0.25, -0.2) is 0 Å². The second-order valence-electron chi connectivity index (χ2n) is 4.81. The molecule has 0 saturated carbocycles. The molecule has 2 heterocycles. The number of ether oxygens (including phenoxy) is 1. The Morgan fingerprint density at radius 1 is 1.40 bits per heavy atom. The quantitative estimate of drug-likeness (QED) is 0.693. The van der Waals surface area contributed by atoms with E-state index >= 15 is 0 Å². The Morgan fingerprint density at radius 2 is 2.07 bits per heavy atom. The highest BCUT2D eigenvalue weighted by atomic mass is 32.2. The van der Waals surface area contributed by atoms with E-state index in [0.29, 0.717) is 11.4 Å². The van der Waals surface area contributed by atoms with Gasteiger partial charge >= 0.3 is 0 Å². The number of carbonyl (C=O) groups excluding carboxylic acids is 1. The first kappa shape index (κ1) is 11.3. The molecule has 2 aliphatic rings. The van der Waals surface area contributed by atoms with Gasteiger partial charge in [-0.2, -0.15) is 0 Å². The van der Waals surface area contributed by atoms with E-state index in [-0.39, 0.29) is 23.4 Å². The third-order valence-electron chi connectivity index (χ3n) is 2.80. The van der Waals surface area contributed by atoms with Gasteiger partial charge in [0.1, 0.15) is 6.10 Å². The molecular formula is C11H19NO2S. The molecule has 0 aromatic carbocycles. The molecule has 0 radical (unpaired) electrons. The first-order valence-electron chi connectivity index (χ1n) is 5.63. The van der Waals surface area contributed by atoms with Crippen LogP contribution in [0.3, 0.4) is 0 Å². The molecule has 15 heavy (non-hydrogen) atoms. The molecular weight excluding hydrogens is 210 g/mol. The highest BCUT2D eigenvalue weighted by Crippen LogP contribution is 2.41. The van der Waals surface area contributed by atoms with Crippen molar-refractivity contribution in [3.8, 4) is 0 Å². The number of amides is 1. The minimum Gasteiger partial charge on any atom is -0.348 e. The van der Waals surface area contributed by atoms with Crippen LogP contribution < -0.4 is 0 Å². The number of piperidine rings is 1. The average Bonchev–Trinajstić information content (AvgIpc) is 2.81. The fraction of sp³-hybridized carbons (Fsp3) is 0.909. The standard InChI is InChI=1S/C11H19NO2S/c1-6(2)12-10(13)9(15-7(3)4)5-8-11(12)14-8/h6-9,11H,5H2,1-4H3. The van der Waals surface area contributed by atoms with E-state index in [1.165, 1.54) is 0 Å². The predicted octanol–water partition coefficient (Wildman–Crippen LogP) is 1.86. The molecule has 1 amide bonds. The topological polar surface area (TPSA) is 32.8 Å². The fourth-order valence-electron chi connectivity index (χ4n) is 2.14. The molecule has 0 aromatic heterocycles. The maximum atomic E-state index is 12.2. The van der Waals surface area contributed by atoms with E-state index in [1.807, 2.05) is 4.90 Å². The number of hydrogen-bond acceptors (Lipinski definition) is 3. The largest absolute Gasteiger partial charge is 0.348 e. The summed E-state index contributed by atoms with van der Waals surface area (Å²) in [5.41, 5.74) is 0. The fourth-order valence-corrected chi connectivity index (χ4v) is 3.34. The Kier molecular flexibility index (Phi) is 2.99. The van der Waals surface area contributed by atoms with E-state index in [0.717, 1.165) is 6.42 Å². The van der Waals surface area contributed by atoms with Crippen molar-refractivity contribution in [2.75, 3.05) is 0 Å². The van der Waals surface area contributed by atoms with Crippen molar-refractivity contribution in [3.63, 3.8) is 0 Å². The zero-order chi connectivity index (χ0) is 11.2. The lowest BCUT2D eigenvalue weighted by atomic mass is 10.1. The van der Waals surface area contributed by atoms with Gasteiger partial charge in [-0.3, -0.25) is 4.79 Å². The van der Waals surface area contributed by atoms with Crippen LogP contribution in [-0.4, -0.2) is 39.7 Å². The van der Waals surface area contributed by atoms with Crippen LogP contribution in [-0.2, 0) is 9.53 Å². The van der Waals surface area contributed by atoms with Crippen LogP contribution in [0.4, 0.5) is 0 Å². The molecule has 86 valence electrons. The molecule has 0 aliphatic carbocycles. The molecule has 2 saturated heterocycles. The summed E-state index contributed by atoms with van der Waals surface area (Å²) in [5.74, 6) is 0.266. The van der Waals surface area contributed by atoms with Crippen LogP contribution in [0.25, 0.3) is 0 Å². The maximum Gasteiger partial charge on any atom is 0.238 e. The summed E-state index contributed by atoms with van der Waals surface area (Å²) in [4.78, 5) is 14.1. The summed E-state index contributed by atoms with van der Waals surface area (Å²) in [6.07, 6.45) is 1.29. The van der Waals surface area contributed by atoms with Gasteiger partial charge in [0, 0.05) is 6.04 Å². The molecule has 4 heteroatoms. The first-order valence-corrected chi connectivity index (χ1v) is 6.58.